The number of nitrogens with one attached hydrogen (secondary N) is 3. The summed E-state index contributed by atoms with van der Waals surface area (Å²) >= 11 is 11.9. The molecule has 12 heteroatoms. The van der Waals surface area contributed by atoms with Gasteiger partial charge in [-0.05, 0) is 30.3 Å². The van der Waals surface area contributed by atoms with E-state index in [0.717, 1.165) is 0 Å². The third-order valence-electron chi connectivity index (χ3n) is 4.12. The minimum absolute atomic E-state index is 0.173. The number of hydrogen-bond acceptors (Lipinski definition) is 9. The Hall–Kier alpha value is -3.63. The number of hydrazine groups is 1. The molecule has 0 aliphatic rings. The van der Waals surface area contributed by atoms with Crippen molar-refractivity contribution < 1.29 is 19.0 Å². The first-order chi connectivity index (χ1) is 15.4. The van der Waals surface area contributed by atoms with Crippen LogP contribution in [0.25, 0.3) is 0 Å². The molecule has 0 unspecified atom stereocenters. The Morgan fingerprint density at radius 2 is 1.81 bits per heavy atom. The van der Waals surface area contributed by atoms with Gasteiger partial charge in [0.05, 0.1) is 24.9 Å². The third-order valence-corrected chi connectivity index (χ3v) is 4.65. The van der Waals surface area contributed by atoms with E-state index in [4.69, 9.17) is 43.1 Å². The molecule has 1 amide bonds. The lowest BCUT2D eigenvalue weighted by atomic mass is 10.2. The van der Waals surface area contributed by atoms with Crippen LogP contribution in [0.5, 0.6) is 17.2 Å². The predicted molar refractivity (Wildman–Crippen MR) is 123 cm³/mol. The van der Waals surface area contributed by atoms with Crippen molar-refractivity contribution in [3.05, 3.63) is 52.8 Å². The summed E-state index contributed by atoms with van der Waals surface area (Å²) in [6.45, 7) is -0.298. The normalized spacial score (nSPS) is 10.2. The second kappa shape index (κ2) is 10.6. The predicted octanol–water partition coefficient (Wildman–Crippen LogP) is 3.65. The molecule has 10 nitrogen and oxygen atoms in total. The number of carbonyl (C=O) groups is 1. The summed E-state index contributed by atoms with van der Waals surface area (Å²) in [6.07, 6.45) is 1.28. The van der Waals surface area contributed by atoms with Crippen molar-refractivity contribution in [2.45, 2.75) is 0 Å². The van der Waals surface area contributed by atoms with E-state index in [1.165, 1.54) is 19.5 Å². The summed E-state index contributed by atoms with van der Waals surface area (Å²) in [6, 6.07) is 9.92. The molecule has 3 rings (SSSR count). The van der Waals surface area contributed by atoms with Crippen LogP contribution in [0.3, 0.4) is 0 Å². The van der Waals surface area contributed by atoms with Gasteiger partial charge in [-0.15, -0.1) is 0 Å². The van der Waals surface area contributed by atoms with E-state index < -0.39 is 5.91 Å². The van der Waals surface area contributed by atoms with Crippen LogP contribution in [-0.2, 0) is 4.79 Å². The number of carbonyl (C=O) groups excluding carboxylic acids is 1. The summed E-state index contributed by atoms with van der Waals surface area (Å²) < 4.78 is 15.9. The van der Waals surface area contributed by atoms with Crippen LogP contribution in [0.4, 0.5) is 23.0 Å². The Balaban J connectivity index is 1.62. The average molecular weight is 479 g/mol. The summed E-state index contributed by atoms with van der Waals surface area (Å²) in [5.41, 5.74) is 12.0. The summed E-state index contributed by atoms with van der Waals surface area (Å²) in [5.74, 6) is 1.50. The molecule has 168 valence electrons. The number of nitrogens with two attached hydrogens (primary N) is 1. The number of amides is 1. The van der Waals surface area contributed by atoms with Gasteiger partial charge in [-0.2, -0.15) is 0 Å². The Morgan fingerprint density at radius 1 is 1.03 bits per heavy atom. The van der Waals surface area contributed by atoms with Gasteiger partial charge < -0.3 is 25.3 Å². The van der Waals surface area contributed by atoms with E-state index in [2.05, 4.69) is 26.1 Å². The smallest absolute Gasteiger partial charge is 0.276 e. The number of nitrogens with zero attached hydrogens (tertiary/aromatic N) is 2. The fourth-order valence-corrected chi connectivity index (χ4v) is 2.99. The molecule has 3 aromatic rings. The van der Waals surface area contributed by atoms with Crippen molar-refractivity contribution in [1.29, 1.82) is 0 Å². The van der Waals surface area contributed by atoms with Crippen LogP contribution < -0.4 is 36.1 Å². The standard InChI is InChI=1S/C20H20Cl2N6O4/c1-30-12-4-5-14(16(8-12)31-2)26-19-18(23)20(25-10-24-19)28-27-17(29)9-32-15-6-3-11(21)7-13(15)22/h3-8,10H,9,23H2,1-2H3,(H,27,29)(H2,24,25,26,28). The van der Waals surface area contributed by atoms with Crippen LogP contribution in [0.2, 0.25) is 10.0 Å². The number of ether oxygens (including phenoxy) is 3. The first kappa shape index (κ1) is 23.0. The fraction of sp³-hybridized carbons (Fsp3) is 0.150. The molecule has 2 aromatic carbocycles. The van der Waals surface area contributed by atoms with Crippen molar-refractivity contribution in [1.82, 2.24) is 15.4 Å². The van der Waals surface area contributed by atoms with Gasteiger partial charge in [-0.1, -0.05) is 23.2 Å². The van der Waals surface area contributed by atoms with Crippen LogP contribution in [0, 0.1) is 0 Å². The molecule has 1 aromatic heterocycles. The van der Waals surface area contributed by atoms with Crippen LogP contribution in [0.15, 0.2) is 42.7 Å². The number of aromatic nitrogens is 2. The van der Waals surface area contributed by atoms with Crippen molar-refractivity contribution >= 4 is 52.1 Å². The minimum Gasteiger partial charge on any atom is -0.497 e. The Morgan fingerprint density at radius 3 is 2.53 bits per heavy atom. The zero-order valence-corrected chi connectivity index (χ0v) is 18.6. The Bertz CT molecular complexity index is 1120. The number of halogens is 2. The van der Waals surface area contributed by atoms with E-state index in [1.807, 2.05) is 0 Å². The highest BCUT2D eigenvalue weighted by Gasteiger charge is 2.13. The molecule has 0 saturated heterocycles. The van der Waals surface area contributed by atoms with Crippen molar-refractivity contribution in [2.75, 3.05) is 37.3 Å². The molecule has 0 aliphatic carbocycles. The van der Waals surface area contributed by atoms with E-state index in [9.17, 15) is 4.79 Å². The van der Waals surface area contributed by atoms with Gasteiger partial charge in [-0.3, -0.25) is 15.6 Å². The zero-order valence-electron chi connectivity index (χ0n) is 17.1. The first-order valence-corrected chi connectivity index (χ1v) is 9.89. The Labute approximate surface area is 194 Å². The quantitative estimate of drug-likeness (QED) is 0.340. The number of rotatable bonds is 9. The number of benzene rings is 2. The van der Waals surface area contributed by atoms with Crippen molar-refractivity contribution in [2.24, 2.45) is 0 Å². The summed E-state index contributed by atoms with van der Waals surface area (Å²) in [4.78, 5) is 20.3. The van der Waals surface area contributed by atoms with E-state index in [1.54, 1.807) is 37.4 Å². The second-order valence-corrected chi connectivity index (χ2v) is 7.06. The van der Waals surface area contributed by atoms with Crippen molar-refractivity contribution in [3.8, 4) is 17.2 Å². The molecule has 0 atom stereocenters. The molecule has 0 bridgehead atoms. The third kappa shape index (κ3) is 5.74. The molecule has 0 fully saturated rings. The summed E-state index contributed by atoms with van der Waals surface area (Å²) in [5, 5.41) is 3.83. The lowest BCUT2D eigenvalue weighted by Gasteiger charge is -2.15. The molecule has 5 N–H and O–H groups in total. The maximum absolute atomic E-state index is 12.1. The average Bonchev–Trinajstić information content (AvgIpc) is 2.79. The molecular weight excluding hydrogens is 459 g/mol. The van der Waals surface area contributed by atoms with E-state index in [-0.39, 0.29) is 18.1 Å². The van der Waals surface area contributed by atoms with Crippen LogP contribution >= 0.6 is 23.2 Å². The van der Waals surface area contributed by atoms with Crippen LogP contribution in [-0.4, -0.2) is 36.7 Å². The first-order valence-electron chi connectivity index (χ1n) is 9.13. The molecule has 0 spiro atoms. The highest BCUT2D eigenvalue weighted by Crippen LogP contribution is 2.33. The highest BCUT2D eigenvalue weighted by molar-refractivity contribution is 6.35. The van der Waals surface area contributed by atoms with Gasteiger partial charge in [0, 0.05) is 11.1 Å². The van der Waals surface area contributed by atoms with Crippen LogP contribution in [0.1, 0.15) is 0 Å². The summed E-state index contributed by atoms with van der Waals surface area (Å²) in [7, 11) is 3.09. The van der Waals surface area contributed by atoms with E-state index >= 15 is 0 Å². The van der Waals surface area contributed by atoms with Gasteiger partial charge in [0.25, 0.3) is 5.91 Å². The zero-order chi connectivity index (χ0) is 23.1. The fourth-order valence-electron chi connectivity index (χ4n) is 2.52. The highest BCUT2D eigenvalue weighted by atomic mass is 35.5. The SMILES string of the molecule is COc1ccc(Nc2ncnc(NNC(=O)COc3ccc(Cl)cc3Cl)c2N)c(OC)c1. The molecule has 1 heterocycles. The maximum Gasteiger partial charge on any atom is 0.276 e. The molecule has 0 radical (unpaired) electrons. The maximum atomic E-state index is 12.1. The van der Waals surface area contributed by atoms with Gasteiger partial charge in [0.15, 0.2) is 18.2 Å². The number of nitrogen functional groups attached to an aromatic ring is 1. The molecule has 32 heavy (non-hydrogen) atoms. The lowest BCUT2D eigenvalue weighted by molar-refractivity contribution is -0.122. The monoisotopic (exact) mass is 478 g/mol. The largest absolute Gasteiger partial charge is 0.497 e. The molecular formula is C20H20Cl2N6O4. The number of hydrogen-bond donors (Lipinski definition) is 4. The minimum atomic E-state index is -0.486. The lowest BCUT2D eigenvalue weighted by Crippen LogP contribution is -2.34. The van der Waals surface area contributed by atoms with E-state index in [0.29, 0.717) is 38.8 Å². The molecule has 0 aliphatic heterocycles. The second-order valence-electron chi connectivity index (χ2n) is 6.21. The van der Waals surface area contributed by atoms with Gasteiger partial charge in [-0.25, -0.2) is 9.97 Å². The molecule has 0 saturated carbocycles. The number of methoxy groups -OCH3 is 2. The Kier molecular flexibility index (Phi) is 7.63. The van der Waals surface area contributed by atoms with Gasteiger partial charge >= 0.3 is 0 Å². The van der Waals surface area contributed by atoms with Gasteiger partial charge in [0.1, 0.15) is 29.3 Å². The van der Waals surface area contributed by atoms with Crippen molar-refractivity contribution in [3.63, 3.8) is 0 Å². The number of anilines is 4. The topological polar surface area (TPSA) is 133 Å². The van der Waals surface area contributed by atoms with Gasteiger partial charge in [0.2, 0.25) is 0 Å².